The van der Waals surface area contributed by atoms with Gasteiger partial charge >= 0.3 is 11.9 Å². The van der Waals surface area contributed by atoms with Crippen molar-refractivity contribution in [3.8, 4) is 0 Å². The first kappa shape index (κ1) is 12.3. The lowest BCUT2D eigenvalue weighted by atomic mass is 10.5. The highest BCUT2D eigenvalue weighted by Gasteiger charge is 1.88. The van der Waals surface area contributed by atoms with E-state index in [0.717, 1.165) is 0 Å². The number of carboxylic acids is 2. The highest BCUT2D eigenvalue weighted by Crippen LogP contribution is 1.70. The summed E-state index contributed by atoms with van der Waals surface area (Å²) >= 11 is 0. The molecule has 0 aromatic heterocycles. The maximum Gasteiger partial charge on any atom is 0.328 e. The molecule has 0 fully saturated rings. The highest BCUT2D eigenvalue weighted by molar-refractivity contribution is 5.89. The third-order valence-electron chi connectivity index (χ3n) is 0.368. The minimum Gasteiger partial charge on any atom is -0.478 e. The lowest BCUT2D eigenvalue weighted by molar-refractivity contribution is -0.134. The summed E-state index contributed by atoms with van der Waals surface area (Å²) < 4.78 is 0. The molecule has 0 aliphatic rings. The van der Waals surface area contributed by atoms with Crippen molar-refractivity contribution in [1.29, 1.82) is 0 Å². The van der Waals surface area contributed by atoms with Crippen molar-refractivity contribution in [3.05, 3.63) is 12.2 Å². The van der Waals surface area contributed by atoms with E-state index in [1.807, 2.05) is 0 Å². The van der Waals surface area contributed by atoms with Crippen molar-refractivity contribution in [2.24, 2.45) is 0 Å². The van der Waals surface area contributed by atoms with Crippen LogP contribution in [0.15, 0.2) is 12.2 Å². The van der Waals surface area contributed by atoms with Crippen LogP contribution in [0.3, 0.4) is 0 Å². The van der Waals surface area contributed by atoms with Gasteiger partial charge in [0.05, 0.1) is 0 Å². The third kappa shape index (κ3) is 28.8. The highest BCUT2D eigenvalue weighted by atomic mass is 16.4. The zero-order valence-corrected chi connectivity index (χ0v) is 6.02. The molecule has 0 aliphatic carbocycles. The number of aliphatic hydroxyl groups excluding tert-OH is 1. The molecule has 0 heterocycles. The van der Waals surface area contributed by atoms with E-state index in [-0.39, 0.29) is 6.61 Å². The lowest BCUT2D eigenvalue weighted by Gasteiger charge is -1.74. The molecule has 5 nitrogen and oxygen atoms in total. The van der Waals surface area contributed by atoms with Crippen LogP contribution in [0.4, 0.5) is 0 Å². The fraction of sp³-hybridized carbons (Fsp3) is 0.333. The van der Waals surface area contributed by atoms with E-state index in [1.54, 1.807) is 6.92 Å². The van der Waals surface area contributed by atoms with Crippen LogP contribution in [-0.2, 0) is 9.59 Å². The van der Waals surface area contributed by atoms with Crippen LogP contribution < -0.4 is 0 Å². The monoisotopic (exact) mass is 162 g/mol. The molecule has 0 aromatic rings. The SMILES string of the molecule is CCO.O=C(O)/C=C/C(=O)O. The first-order valence-electron chi connectivity index (χ1n) is 2.79. The van der Waals surface area contributed by atoms with Gasteiger partial charge in [0, 0.05) is 18.8 Å². The van der Waals surface area contributed by atoms with Crippen LogP contribution in [0.25, 0.3) is 0 Å². The zero-order chi connectivity index (χ0) is 9.28. The maximum absolute atomic E-state index is 9.55. The number of carboxylic acid groups (broad SMARTS) is 2. The summed E-state index contributed by atoms with van der Waals surface area (Å²) in [7, 11) is 0. The van der Waals surface area contributed by atoms with Crippen molar-refractivity contribution >= 4 is 11.9 Å². The van der Waals surface area contributed by atoms with Gasteiger partial charge in [0.1, 0.15) is 0 Å². The van der Waals surface area contributed by atoms with Gasteiger partial charge in [0.15, 0.2) is 0 Å². The van der Waals surface area contributed by atoms with Crippen LogP contribution in [0, 0.1) is 0 Å². The number of hydrogen-bond acceptors (Lipinski definition) is 3. The standard InChI is InChI=1S/C4H4O4.C2H6O/c5-3(6)1-2-4(7)8;1-2-3/h1-2H,(H,5,6)(H,7,8);3H,2H2,1H3/b2-1+;. The molecule has 64 valence electrons. The summed E-state index contributed by atoms with van der Waals surface area (Å²) in [4.78, 5) is 19.1. The van der Waals surface area contributed by atoms with Crippen molar-refractivity contribution in [3.63, 3.8) is 0 Å². The molecule has 0 saturated heterocycles. The van der Waals surface area contributed by atoms with E-state index in [1.165, 1.54) is 0 Å². The molecular formula is C6H10O5. The molecule has 0 aliphatic heterocycles. The molecule has 0 unspecified atom stereocenters. The van der Waals surface area contributed by atoms with E-state index in [9.17, 15) is 9.59 Å². The summed E-state index contributed by atoms with van der Waals surface area (Å²) in [5.41, 5.74) is 0. The zero-order valence-electron chi connectivity index (χ0n) is 6.02. The first-order chi connectivity index (χ1) is 5.04. The molecule has 0 amide bonds. The minimum atomic E-state index is -1.26. The summed E-state index contributed by atoms with van der Waals surface area (Å²) in [6, 6.07) is 0. The average Bonchev–Trinajstić information content (AvgIpc) is 1.85. The van der Waals surface area contributed by atoms with Gasteiger partial charge in [-0.05, 0) is 6.92 Å². The third-order valence-corrected chi connectivity index (χ3v) is 0.368. The number of rotatable bonds is 2. The summed E-state index contributed by atoms with van der Waals surface area (Å²) in [5, 5.41) is 23.2. The van der Waals surface area contributed by atoms with Gasteiger partial charge < -0.3 is 15.3 Å². The fourth-order valence-electron chi connectivity index (χ4n) is 0.143. The minimum absolute atomic E-state index is 0.250. The average molecular weight is 162 g/mol. The van der Waals surface area contributed by atoms with Crippen LogP contribution in [0.2, 0.25) is 0 Å². The van der Waals surface area contributed by atoms with Gasteiger partial charge in [-0.3, -0.25) is 0 Å². The molecule has 0 atom stereocenters. The fourth-order valence-corrected chi connectivity index (χ4v) is 0.143. The molecule has 0 radical (unpaired) electrons. The number of aliphatic hydroxyl groups is 1. The predicted molar refractivity (Wildman–Crippen MR) is 37.2 cm³/mol. The number of carbonyl (C=O) groups is 2. The van der Waals surface area contributed by atoms with Crippen molar-refractivity contribution in [2.45, 2.75) is 6.92 Å². The number of aliphatic carboxylic acids is 2. The van der Waals surface area contributed by atoms with Crippen molar-refractivity contribution in [1.82, 2.24) is 0 Å². The molecular weight excluding hydrogens is 152 g/mol. The molecule has 5 heteroatoms. The number of hydrogen-bond donors (Lipinski definition) is 3. The van der Waals surface area contributed by atoms with Gasteiger partial charge in [0.2, 0.25) is 0 Å². The second kappa shape index (κ2) is 8.64. The van der Waals surface area contributed by atoms with Crippen molar-refractivity contribution in [2.75, 3.05) is 6.61 Å². The van der Waals surface area contributed by atoms with Crippen LogP contribution >= 0.6 is 0 Å². The van der Waals surface area contributed by atoms with Crippen LogP contribution in [-0.4, -0.2) is 33.9 Å². The predicted octanol–water partition coefficient (Wildman–Crippen LogP) is -0.290. The summed E-state index contributed by atoms with van der Waals surface area (Å²) in [5.74, 6) is -2.51. The lowest BCUT2D eigenvalue weighted by Crippen LogP contribution is -1.91. The van der Waals surface area contributed by atoms with Crippen LogP contribution in [0.1, 0.15) is 6.92 Å². The normalized spacial score (nSPS) is 8.55. The van der Waals surface area contributed by atoms with E-state index in [2.05, 4.69) is 0 Å². The Labute approximate surface area is 63.6 Å². The van der Waals surface area contributed by atoms with Crippen LogP contribution in [0.5, 0.6) is 0 Å². The summed E-state index contributed by atoms with van der Waals surface area (Å²) in [6.45, 7) is 1.93. The Kier molecular flexibility index (Phi) is 9.68. The molecule has 0 bridgehead atoms. The Bertz CT molecular complexity index is 133. The quantitative estimate of drug-likeness (QED) is 0.485. The largest absolute Gasteiger partial charge is 0.478 e. The molecule has 0 rings (SSSR count). The first-order valence-corrected chi connectivity index (χ1v) is 2.79. The Morgan fingerprint density at radius 2 is 1.36 bits per heavy atom. The molecule has 0 spiro atoms. The van der Waals surface area contributed by atoms with Crippen molar-refractivity contribution < 1.29 is 24.9 Å². The van der Waals surface area contributed by atoms with E-state index in [0.29, 0.717) is 12.2 Å². The Balaban J connectivity index is 0. The van der Waals surface area contributed by atoms with E-state index < -0.39 is 11.9 Å². The maximum atomic E-state index is 9.55. The molecule has 0 aromatic carbocycles. The summed E-state index contributed by atoms with van der Waals surface area (Å²) in [6.07, 6.45) is 1.12. The second-order valence-electron chi connectivity index (χ2n) is 1.33. The smallest absolute Gasteiger partial charge is 0.328 e. The molecule has 11 heavy (non-hydrogen) atoms. The Morgan fingerprint density at radius 3 is 1.45 bits per heavy atom. The second-order valence-corrected chi connectivity index (χ2v) is 1.33. The topological polar surface area (TPSA) is 94.8 Å². The Hall–Kier alpha value is -1.36. The van der Waals surface area contributed by atoms with Gasteiger partial charge in [-0.15, -0.1) is 0 Å². The van der Waals surface area contributed by atoms with Gasteiger partial charge in [-0.1, -0.05) is 0 Å². The molecule has 3 N–H and O–H groups in total. The Morgan fingerprint density at radius 1 is 1.18 bits per heavy atom. The van der Waals surface area contributed by atoms with Gasteiger partial charge in [0.25, 0.3) is 0 Å². The van der Waals surface area contributed by atoms with E-state index in [4.69, 9.17) is 15.3 Å². The van der Waals surface area contributed by atoms with Gasteiger partial charge in [-0.25, -0.2) is 9.59 Å². The van der Waals surface area contributed by atoms with Gasteiger partial charge in [-0.2, -0.15) is 0 Å². The van der Waals surface area contributed by atoms with E-state index >= 15 is 0 Å². The molecule has 0 saturated carbocycles.